The summed E-state index contributed by atoms with van der Waals surface area (Å²) in [5.74, 6) is 0.427. The fourth-order valence-electron chi connectivity index (χ4n) is 3.36. The molecule has 0 fully saturated rings. The van der Waals surface area contributed by atoms with Gasteiger partial charge in [0.1, 0.15) is 32.1 Å². The number of hydrogen-bond acceptors (Lipinski definition) is 5. The van der Waals surface area contributed by atoms with Crippen molar-refractivity contribution in [3.05, 3.63) is 98.9 Å². The molecule has 3 aromatic heterocycles. The Morgan fingerprint density at radius 3 is 2.29 bits per heavy atom. The van der Waals surface area contributed by atoms with E-state index in [1.807, 2.05) is 65.0 Å². The Kier molecular flexibility index (Phi) is 7.83. The van der Waals surface area contributed by atoms with Gasteiger partial charge < -0.3 is 26.8 Å². The zero-order chi connectivity index (χ0) is 21.0. The zero-order valence-electron chi connectivity index (χ0n) is 17.0. The second-order valence-electron chi connectivity index (χ2n) is 6.95. The Labute approximate surface area is 200 Å². The van der Waals surface area contributed by atoms with Gasteiger partial charge in [0.05, 0.1) is 9.75 Å². The molecular formula is C23H23BrN2O3S2. The molecule has 4 aromatic rings. The van der Waals surface area contributed by atoms with Crippen LogP contribution >= 0.6 is 22.7 Å². The summed E-state index contributed by atoms with van der Waals surface area (Å²) in [7, 11) is 0. The van der Waals surface area contributed by atoms with Crippen LogP contribution < -0.4 is 21.5 Å². The Morgan fingerprint density at radius 2 is 1.71 bits per heavy atom. The van der Waals surface area contributed by atoms with E-state index >= 15 is 0 Å². The first kappa shape index (κ1) is 23.4. The number of carbonyl (C=O) groups is 1. The Hall–Kier alpha value is -2.26. The van der Waals surface area contributed by atoms with Gasteiger partial charge >= 0.3 is 5.97 Å². The van der Waals surface area contributed by atoms with Crippen molar-refractivity contribution in [3.8, 4) is 0 Å². The smallest absolute Gasteiger partial charge is 0.349 e. The zero-order valence-corrected chi connectivity index (χ0v) is 20.2. The molecule has 0 radical (unpaired) electrons. The molecule has 0 aliphatic carbocycles. The van der Waals surface area contributed by atoms with Crippen molar-refractivity contribution in [2.24, 2.45) is 0 Å². The first-order chi connectivity index (χ1) is 14.6. The summed E-state index contributed by atoms with van der Waals surface area (Å²) in [6, 6.07) is 17.4. The average Bonchev–Trinajstić information content (AvgIpc) is 3.53. The quantitative estimate of drug-likeness (QED) is 0.276. The number of halogens is 1. The number of esters is 1. The molecule has 162 valence electrons. The summed E-state index contributed by atoms with van der Waals surface area (Å²) < 4.78 is 9.74. The van der Waals surface area contributed by atoms with E-state index in [-0.39, 0.29) is 23.6 Å². The van der Waals surface area contributed by atoms with Crippen molar-refractivity contribution >= 4 is 28.6 Å². The first-order valence-corrected chi connectivity index (χ1v) is 11.4. The number of imidazole rings is 1. The van der Waals surface area contributed by atoms with Crippen molar-refractivity contribution in [2.75, 3.05) is 6.61 Å². The van der Waals surface area contributed by atoms with Gasteiger partial charge in [-0.05, 0) is 28.5 Å². The van der Waals surface area contributed by atoms with E-state index in [9.17, 15) is 9.90 Å². The van der Waals surface area contributed by atoms with Crippen molar-refractivity contribution in [1.82, 2.24) is 4.57 Å². The van der Waals surface area contributed by atoms with Crippen LogP contribution in [-0.4, -0.2) is 22.2 Å². The van der Waals surface area contributed by atoms with Gasteiger partial charge in [-0.25, -0.2) is 13.9 Å². The molecule has 31 heavy (non-hydrogen) atoms. The minimum Gasteiger partial charge on any atom is -1.00 e. The number of aliphatic hydroxyl groups is 1. The summed E-state index contributed by atoms with van der Waals surface area (Å²) in [6.07, 6.45) is 4.01. The van der Waals surface area contributed by atoms with Crippen LogP contribution in [0.2, 0.25) is 0 Å². The van der Waals surface area contributed by atoms with E-state index in [2.05, 4.69) is 16.7 Å². The Morgan fingerprint density at radius 1 is 1.06 bits per heavy atom. The fraction of sp³-hybridized carbons (Fsp3) is 0.217. The predicted molar refractivity (Wildman–Crippen MR) is 118 cm³/mol. The van der Waals surface area contributed by atoms with Crippen molar-refractivity contribution in [2.45, 2.75) is 25.6 Å². The number of nitrogens with zero attached hydrogens (tertiary/aromatic N) is 2. The highest BCUT2D eigenvalue weighted by molar-refractivity contribution is 7.12. The van der Waals surface area contributed by atoms with Crippen LogP contribution in [0.4, 0.5) is 0 Å². The highest BCUT2D eigenvalue weighted by Gasteiger charge is 2.43. The molecule has 0 spiro atoms. The minimum atomic E-state index is -1.76. The molecule has 0 atom stereocenters. The number of benzene rings is 1. The number of carbonyl (C=O) groups excluding carboxylic acids is 1. The van der Waals surface area contributed by atoms with Gasteiger partial charge in [-0.2, -0.15) is 0 Å². The molecule has 0 amide bonds. The second kappa shape index (κ2) is 10.4. The molecule has 5 nitrogen and oxygen atoms in total. The van der Waals surface area contributed by atoms with Gasteiger partial charge in [-0.1, -0.05) is 42.5 Å². The highest BCUT2D eigenvalue weighted by Crippen LogP contribution is 2.36. The lowest BCUT2D eigenvalue weighted by Crippen LogP contribution is -3.00. The number of ether oxygens (including phenoxy) is 1. The number of thiophene rings is 2. The highest BCUT2D eigenvalue weighted by atomic mass is 79.9. The first-order valence-electron chi connectivity index (χ1n) is 9.65. The largest absolute Gasteiger partial charge is 1.00 e. The maximum atomic E-state index is 12.9. The Bertz CT molecular complexity index is 1060. The predicted octanol–water partition coefficient (Wildman–Crippen LogP) is 0.739. The third-order valence-electron chi connectivity index (χ3n) is 5.07. The normalized spacial score (nSPS) is 11.2. The third kappa shape index (κ3) is 4.98. The van der Waals surface area contributed by atoms with Crippen molar-refractivity contribution < 1.29 is 36.2 Å². The monoisotopic (exact) mass is 518 g/mol. The van der Waals surface area contributed by atoms with Crippen LogP contribution in [0.25, 0.3) is 0 Å². The molecule has 0 aliphatic rings. The van der Waals surface area contributed by atoms with Crippen LogP contribution in [0, 0.1) is 6.92 Å². The fourth-order valence-corrected chi connectivity index (χ4v) is 5.07. The van der Waals surface area contributed by atoms with Crippen LogP contribution in [0.1, 0.15) is 21.1 Å². The molecule has 0 saturated heterocycles. The summed E-state index contributed by atoms with van der Waals surface area (Å²) in [4.78, 5) is 14.0. The van der Waals surface area contributed by atoms with Crippen molar-refractivity contribution in [3.63, 3.8) is 0 Å². The molecule has 1 N–H and O–H groups in total. The van der Waals surface area contributed by atoms with Gasteiger partial charge in [0.2, 0.25) is 5.60 Å². The SMILES string of the molecule is Cc1n(CCOC(=O)C(O)(c2cccs2)c2cccs2)cc[n+]1Cc1ccccc1.[Br-]. The topological polar surface area (TPSA) is 55.3 Å². The molecule has 0 bridgehead atoms. The molecular weight excluding hydrogens is 496 g/mol. The summed E-state index contributed by atoms with van der Waals surface area (Å²) in [6.45, 7) is 3.53. The Balaban J connectivity index is 0.00000272. The summed E-state index contributed by atoms with van der Waals surface area (Å²) >= 11 is 2.68. The van der Waals surface area contributed by atoms with Gasteiger partial charge in [0, 0.05) is 6.92 Å². The van der Waals surface area contributed by atoms with Gasteiger partial charge in [-0.3, -0.25) is 0 Å². The van der Waals surface area contributed by atoms with E-state index in [4.69, 9.17) is 4.74 Å². The van der Waals surface area contributed by atoms with Crippen LogP contribution in [0.5, 0.6) is 0 Å². The number of rotatable bonds is 8. The second-order valence-corrected chi connectivity index (χ2v) is 8.85. The standard InChI is InChI=1S/C23H23N2O3S2.BrH/c1-18-24(11-12-25(18)17-19-7-3-2-4-8-19)13-14-28-22(26)23(27,20-9-5-15-29-20)21-10-6-16-30-21;/h2-12,15-16,27H,13-14,17H2,1H3;1H/q+1;/p-1. The third-order valence-corrected chi connectivity index (χ3v) is 7.03. The molecule has 4 rings (SSSR count). The number of aromatic nitrogens is 2. The minimum absolute atomic E-state index is 0. The van der Waals surface area contributed by atoms with Gasteiger partial charge in [0.25, 0.3) is 5.82 Å². The molecule has 0 unspecified atom stereocenters. The molecule has 3 heterocycles. The molecule has 0 saturated carbocycles. The van der Waals surface area contributed by atoms with Crippen LogP contribution in [0.15, 0.2) is 77.8 Å². The summed E-state index contributed by atoms with van der Waals surface area (Å²) in [5.41, 5.74) is -0.534. The molecule has 8 heteroatoms. The van der Waals surface area contributed by atoms with E-state index in [1.165, 1.54) is 28.2 Å². The lowest BCUT2D eigenvalue weighted by molar-refractivity contribution is -0.694. The summed E-state index contributed by atoms with van der Waals surface area (Å²) in [5, 5.41) is 14.9. The van der Waals surface area contributed by atoms with E-state index < -0.39 is 11.6 Å². The lowest BCUT2D eigenvalue weighted by Gasteiger charge is -2.23. The van der Waals surface area contributed by atoms with Crippen LogP contribution in [-0.2, 0) is 28.2 Å². The average molecular weight is 519 g/mol. The number of hydrogen-bond donors (Lipinski definition) is 1. The van der Waals surface area contributed by atoms with E-state index in [1.54, 1.807) is 12.1 Å². The van der Waals surface area contributed by atoms with Gasteiger partial charge in [-0.15, -0.1) is 22.7 Å². The maximum absolute atomic E-state index is 12.9. The van der Waals surface area contributed by atoms with Crippen molar-refractivity contribution in [1.29, 1.82) is 0 Å². The van der Waals surface area contributed by atoms with E-state index in [0.717, 1.165) is 12.4 Å². The van der Waals surface area contributed by atoms with E-state index in [0.29, 0.717) is 16.3 Å². The van der Waals surface area contributed by atoms with Gasteiger partial charge in [0.15, 0.2) is 0 Å². The molecule has 1 aromatic carbocycles. The lowest BCUT2D eigenvalue weighted by atomic mass is 10.0. The maximum Gasteiger partial charge on any atom is 0.349 e. The molecule has 0 aliphatic heterocycles. The van der Waals surface area contributed by atoms with Crippen LogP contribution in [0.3, 0.4) is 0 Å².